The van der Waals surface area contributed by atoms with E-state index in [1.54, 1.807) is 4.90 Å². The van der Waals surface area contributed by atoms with Crippen molar-refractivity contribution in [3.05, 3.63) is 0 Å². The molecular formula is C21H33BN3O3. The first-order valence-corrected chi connectivity index (χ1v) is 10.6. The van der Waals surface area contributed by atoms with Gasteiger partial charge in [0.1, 0.15) is 6.04 Å². The third-order valence-corrected chi connectivity index (χ3v) is 7.59. The molecular weight excluding hydrogens is 353 g/mol. The van der Waals surface area contributed by atoms with Crippen molar-refractivity contribution in [2.24, 2.45) is 28.9 Å². The van der Waals surface area contributed by atoms with Crippen LogP contribution in [0.4, 0.5) is 0 Å². The average Bonchev–Trinajstić information content (AvgIpc) is 2.85. The molecule has 153 valence electrons. The van der Waals surface area contributed by atoms with E-state index >= 15 is 0 Å². The minimum absolute atomic E-state index is 0.100. The number of carbonyl (C=O) groups excluding carboxylic acids is 2. The van der Waals surface area contributed by atoms with E-state index in [1.807, 2.05) is 20.8 Å². The molecule has 0 spiro atoms. The standard InChI is InChI=1S/C21H33BN3O3/c1-12-5-15-8-20(4,28)10-21(7-12,9-15)17(22-11-23)19(27)25-14(3)13(2)6-16(25)18(24)26/h12-17,28H,5-10H2,1-4H3,(H2,24,26)/t12?,13-,14?,15?,16?,17?,20?,21+/m0/s1. The van der Waals surface area contributed by atoms with Crippen molar-refractivity contribution >= 4 is 19.1 Å². The van der Waals surface area contributed by atoms with Crippen molar-refractivity contribution < 1.29 is 14.7 Å². The second-order valence-electron chi connectivity index (χ2n) is 10.2. The van der Waals surface area contributed by atoms with Crippen LogP contribution in [0.25, 0.3) is 0 Å². The van der Waals surface area contributed by atoms with Crippen molar-refractivity contribution in [2.75, 3.05) is 0 Å². The fourth-order valence-electron chi connectivity index (χ4n) is 6.78. The number of nitrogens with zero attached hydrogens (tertiary/aromatic N) is 2. The van der Waals surface area contributed by atoms with E-state index in [0.29, 0.717) is 24.7 Å². The third kappa shape index (κ3) is 3.68. The molecule has 1 aliphatic heterocycles. The number of aliphatic hydroxyl groups is 1. The van der Waals surface area contributed by atoms with Crippen molar-refractivity contribution in [1.82, 2.24) is 4.90 Å². The monoisotopic (exact) mass is 386 g/mol. The third-order valence-electron chi connectivity index (χ3n) is 7.59. The maximum atomic E-state index is 13.8. The zero-order valence-electron chi connectivity index (χ0n) is 17.5. The predicted molar refractivity (Wildman–Crippen MR) is 107 cm³/mol. The molecule has 0 aromatic rings. The van der Waals surface area contributed by atoms with E-state index in [2.05, 4.69) is 12.9 Å². The van der Waals surface area contributed by atoms with Crippen molar-refractivity contribution in [3.63, 3.8) is 0 Å². The minimum atomic E-state index is -0.835. The van der Waals surface area contributed by atoms with Gasteiger partial charge >= 0.3 is 0 Å². The first-order chi connectivity index (χ1) is 13.0. The second kappa shape index (κ2) is 7.37. The van der Waals surface area contributed by atoms with Gasteiger partial charge in [0, 0.05) is 11.9 Å². The summed E-state index contributed by atoms with van der Waals surface area (Å²) in [5, 5.41) is 20.4. The number of hydrogen-bond acceptors (Lipinski definition) is 4. The van der Waals surface area contributed by atoms with Gasteiger partial charge in [0.2, 0.25) is 11.8 Å². The Balaban J connectivity index is 1.99. The van der Waals surface area contributed by atoms with E-state index in [9.17, 15) is 20.0 Å². The van der Waals surface area contributed by atoms with E-state index in [0.717, 1.165) is 25.7 Å². The zero-order chi connectivity index (χ0) is 20.9. The zero-order valence-corrected chi connectivity index (χ0v) is 17.5. The van der Waals surface area contributed by atoms with Gasteiger partial charge in [0.05, 0.1) is 5.60 Å². The summed E-state index contributed by atoms with van der Waals surface area (Å²) >= 11 is 0. The highest BCUT2D eigenvalue weighted by atomic mass is 16.3. The molecule has 7 heteroatoms. The van der Waals surface area contributed by atoms with Gasteiger partial charge in [-0.25, -0.2) is 5.26 Å². The van der Waals surface area contributed by atoms with Crippen LogP contribution in [0.5, 0.6) is 0 Å². The number of likely N-dealkylation sites (tertiary alicyclic amines) is 1. The normalized spacial score (nSPS) is 43.9. The Morgan fingerprint density at radius 1 is 1.25 bits per heavy atom. The molecule has 2 bridgehead atoms. The quantitative estimate of drug-likeness (QED) is 0.721. The number of hydrogen-bond donors (Lipinski definition) is 2. The summed E-state index contributed by atoms with van der Waals surface area (Å²) in [7, 11) is 1.45. The summed E-state index contributed by atoms with van der Waals surface area (Å²) in [5.41, 5.74) is 4.34. The van der Waals surface area contributed by atoms with Gasteiger partial charge in [-0.2, -0.15) is 0 Å². The molecule has 28 heavy (non-hydrogen) atoms. The fourth-order valence-corrected chi connectivity index (χ4v) is 6.78. The molecule has 1 saturated heterocycles. The summed E-state index contributed by atoms with van der Waals surface area (Å²) in [5.74, 6) is 1.81. The Hall–Kier alpha value is -1.55. The van der Waals surface area contributed by atoms with Crippen LogP contribution in [0.15, 0.2) is 0 Å². The van der Waals surface area contributed by atoms with E-state index in [1.165, 1.54) is 7.28 Å². The van der Waals surface area contributed by atoms with Crippen LogP contribution < -0.4 is 5.73 Å². The number of nitriles is 1. The van der Waals surface area contributed by atoms with E-state index < -0.39 is 28.8 Å². The molecule has 2 aliphatic carbocycles. The van der Waals surface area contributed by atoms with Crippen LogP contribution in [0, 0.1) is 34.4 Å². The van der Waals surface area contributed by atoms with Crippen molar-refractivity contribution in [2.45, 2.75) is 89.7 Å². The lowest BCUT2D eigenvalue weighted by molar-refractivity contribution is -0.147. The van der Waals surface area contributed by atoms with Crippen LogP contribution in [-0.2, 0) is 9.59 Å². The lowest BCUT2D eigenvalue weighted by atomic mass is 9.43. The summed E-state index contributed by atoms with van der Waals surface area (Å²) in [6.45, 7) is 8.03. The number of fused-ring (bicyclic) bond motifs is 2. The maximum absolute atomic E-state index is 13.8. The Labute approximate surface area is 169 Å². The number of rotatable bonds is 4. The predicted octanol–water partition coefficient (Wildman–Crippen LogP) is 2.04. The van der Waals surface area contributed by atoms with E-state index in [-0.39, 0.29) is 17.9 Å². The molecule has 0 aromatic carbocycles. The summed E-state index contributed by atoms with van der Waals surface area (Å²) in [6, 6.07) is -0.721. The molecule has 8 atom stereocenters. The molecule has 1 radical (unpaired) electrons. The summed E-state index contributed by atoms with van der Waals surface area (Å²) in [6.07, 6.45) is 4.52. The smallest absolute Gasteiger partial charge is 0.268 e. The van der Waals surface area contributed by atoms with Gasteiger partial charge in [-0.1, -0.05) is 13.8 Å². The summed E-state index contributed by atoms with van der Waals surface area (Å²) in [4.78, 5) is 27.5. The number of nitrogens with two attached hydrogens (primary N) is 1. The van der Waals surface area contributed by atoms with Crippen LogP contribution in [0.1, 0.15) is 66.2 Å². The lowest BCUT2D eigenvalue weighted by Crippen LogP contribution is -2.56. The van der Waals surface area contributed by atoms with Gasteiger partial charge in [-0.3, -0.25) is 9.59 Å². The van der Waals surface area contributed by atoms with Crippen molar-refractivity contribution in [1.29, 1.82) is 5.26 Å². The molecule has 3 aliphatic rings. The molecule has 2 amide bonds. The molecule has 0 aromatic heterocycles. The average molecular weight is 386 g/mol. The minimum Gasteiger partial charge on any atom is -0.390 e. The Morgan fingerprint density at radius 3 is 2.54 bits per heavy atom. The largest absolute Gasteiger partial charge is 0.390 e. The van der Waals surface area contributed by atoms with Gasteiger partial charge in [0.25, 0.3) is 7.28 Å². The SMILES string of the molecule is CC1CC2CC(C)(O)C[C@@](C([B]C#N)C(=O)N3C(C(N)=O)C[C@H](C)C3C)(C1)C2. The van der Waals surface area contributed by atoms with Crippen molar-refractivity contribution in [3.8, 4) is 5.97 Å². The first kappa shape index (κ1) is 21.2. The highest BCUT2D eigenvalue weighted by Gasteiger charge is 2.56. The maximum Gasteiger partial charge on any atom is 0.268 e. The number of carbonyl (C=O) groups is 2. The number of amides is 2. The lowest BCUT2D eigenvalue weighted by Gasteiger charge is -2.56. The molecule has 2 saturated carbocycles. The van der Waals surface area contributed by atoms with Crippen LogP contribution in [0.2, 0.25) is 5.82 Å². The Morgan fingerprint density at radius 2 is 1.93 bits per heavy atom. The van der Waals surface area contributed by atoms with Gasteiger partial charge in [0.15, 0.2) is 0 Å². The van der Waals surface area contributed by atoms with Gasteiger partial charge in [-0.05, 0) is 81.5 Å². The van der Waals surface area contributed by atoms with Gasteiger partial charge in [-0.15, -0.1) is 0 Å². The molecule has 3 fully saturated rings. The second-order valence-corrected chi connectivity index (χ2v) is 10.2. The fraction of sp³-hybridized carbons (Fsp3) is 0.857. The Bertz CT molecular complexity index is 687. The molecule has 6 nitrogen and oxygen atoms in total. The van der Waals surface area contributed by atoms with Crippen LogP contribution >= 0.6 is 0 Å². The highest BCUT2D eigenvalue weighted by Crippen LogP contribution is 2.59. The molecule has 3 N–H and O–H groups in total. The van der Waals surface area contributed by atoms with Crippen LogP contribution in [0.3, 0.4) is 0 Å². The van der Waals surface area contributed by atoms with E-state index in [4.69, 9.17) is 5.73 Å². The number of primary amides is 1. The van der Waals surface area contributed by atoms with Crippen LogP contribution in [-0.4, -0.2) is 46.8 Å². The van der Waals surface area contributed by atoms with Gasteiger partial charge < -0.3 is 15.7 Å². The summed E-state index contributed by atoms with van der Waals surface area (Å²) < 4.78 is 0. The topological polar surface area (TPSA) is 107 Å². The Kier molecular flexibility index (Phi) is 5.57. The molecule has 1 heterocycles. The molecule has 6 unspecified atom stereocenters. The highest BCUT2D eigenvalue weighted by molar-refractivity contribution is 6.52. The first-order valence-electron chi connectivity index (χ1n) is 10.6. The molecule has 3 rings (SSSR count).